The summed E-state index contributed by atoms with van der Waals surface area (Å²) < 4.78 is 94.4. The van der Waals surface area contributed by atoms with Crippen molar-refractivity contribution in [3.63, 3.8) is 0 Å². The molecule has 3 aliphatic heterocycles. The Hall–Kier alpha value is -4.98. The maximum absolute atomic E-state index is 13.9. The van der Waals surface area contributed by atoms with Crippen molar-refractivity contribution in [2.75, 3.05) is 54.6 Å². The molecule has 280 valence electrons. The number of rotatable bonds is 9. The van der Waals surface area contributed by atoms with Gasteiger partial charge in [0.2, 0.25) is 11.8 Å². The fourth-order valence-corrected chi connectivity index (χ4v) is 6.59. The molecule has 1 amide bonds. The molecule has 1 unspecified atom stereocenters. The number of ether oxygens (including phenoxy) is 2. The molecule has 6 rings (SSSR count). The molecule has 52 heavy (non-hydrogen) atoms. The Kier molecular flexibility index (Phi) is 10.6. The van der Waals surface area contributed by atoms with Crippen LogP contribution in [0.25, 0.3) is 0 Å². The number of nitrogens with zero attached hydrogens (tertiary/aromatic N) is 9. The van der Waals surface area contributed by atoms with Crippen LogP contribution in [-0.2, 0) is 23.6 Å². The number of aromatic nitrogens is 3. The highest BCUT2D eigenvalue weighted by Gasteiger charge is 2.42. The van der Waals surface area contributed by atoms with Crippen LogP contribution in [0.2, 0.25) is 0 Å². The van der Waals surface area contributed by atoms with E-state index in [4.69, 9.17) is 9.47 Å². The van der Waals surface area contributed by atoms with E-state index >= 15 is 0 Å². The van der Waals surface area contributed by atoms with Crippen LogP contribution in [0.5, 0.6) is 5.88 Å². The molecular weight excluding hydrogens is 700 g/mol. The predicted molar refractivity (Wildman–Crippen MR) is 175 cm³/mol. The number of hydrogen-bond donors (Lipinski definition) is 2. The first-order valence-corrected chi connectivity index (χ1v) is 16.6. The second-order valence-corrected chi connectivity index (χ2v) is 12.3. The van der Waals surface area contributed by atoms with Gasteiger partial charge >= 0.3 is 18.4 Å². The minimum atomic E-state index is -5.05. The number of alkyl halides is 6. The maximum Gasteiger partial charge on any atom is 0.416 e. The third-order valence-corrected chi connectivity index (χ3v) is 9.15. The van der Waals surface area contributed by atoms with Crippen LogP contribution in [0.15, 0.2) is 53.1 Å². The Bertz CT molecular complexity index is 1720. The third kappa shape index (κ3) is 7.76. The molecule has 2 N–H and O–H groups in total. The van der Waals surface area contributed by atoms with E-state index in [0.717, 1.165) is 0 Å². The van der Waals surface area contributed by atoms with Gasteiger partial charge in [-0.2, -0.15) is 31.8 Å². The molecule has 0 saturated carbocycles. The zero-order valence-corrected chi connectivity index (χ0v) is 28.4. The van der Waals surface area contributed by atoms with Gasteiger partial charge in [0.15, 0.2) is 6.29 Å². The van der Waals surface area contributed by atoms with Crippen LogP contribution in [0.3, 0.4) is 0 Å². The fourth-order valence-electron chi connectivity index (χ4n) is 6.59. The first-order chi connectivity index (χ1) is 24.8. The number of hydrogen-bond acceptors (Lipinski definition) is 13. The fraction of sp³-hybridized carbons (Fsp3) is 0.500. The number of carbonyl (C=O) groups excluding carboxylic acids is 1. The lowest BCUT2D eigenvalue weighted by Gasteiger charge is -2.43. The van der Waals surface area contributed by atoms with E-state index < -0.39 is 48.2 Å². The van der Waals surface area contributed by atoms with Crippen LogP contribution in [0, 0.1) is 0 Å². The molecule has 1 fully saturated rings. The minimum absolute atomic E-state index is 0.0370. The molecule has 0 spiro atoms. The predicted octanol–water partition coefficient (Wildman–Crippen LogP) is 5.69. The average molecular weight is 738 g/mol. The summed E-state index contributed by atoms with van der Waals surface area (Å²) in [6.07, 6.45) is -7.26. The number of anilines is 3. The van der Waals surface area contributed by atoms with E-state index in [9.17, 15) is 31.1 Å². The second-order valence-electron chi connectivity index (χ2n) is 12.3. The van der Waals surface area contributed by atoms with Gasteiger partial charge in [-0.1, -0.05) is 12.1 Å². The summed E-state index contributed by atoms with van der Waals surface area (Å²) in [6.45, 7) is 5.67. The van der Waals surface area contributed by atoms with Gasteiger partial charge in [0.1, 0.15) is 0 Å². The van der Waals surface area contributed by atoms with Gasteiger partial charge in [-0.3, -0.25) is 9.80 Å². The van der Waals surface area contributed by atoms with Crippen molar-refractivity contribution in [3.05, 3.63) is 65.1 Å². The molecule has 3 atom stereocenters. The number of fused-ring (bicyclic) bond motifs is 1. The Balaban J connectivity index is 1.41. The summed E-state index contributed by atoms with van der Waals surface area (Å²) in [7, 11) is 1.40. The van der Waals surface area contributed by atoms with Crippen molar-refractivity contribution in [2.24, 2.45) is 10.3 Å². The van der Waals surface area contributed by atoms with Crippen molar-refractivity contribution in [1.29, 1.82) is 0 Å². The van der Waals surface area contributed by atoms with Gasteiger partial charge in [-0.05, 0) is 49.6 Å². The summed E-state index contributed by atoms with van der Waals surface area (Å²) in [5.74, 6) is 0.219. The lowest BCUT2D eigenvalue weighted by atomic mass is 9.92. The van der Waals surface area contributed by atoms with Crippen LogP contribution in [-0.4, -0.2) is 78.2 Å². The highest BCUT2D eigenvalue weighted by Crippen LogP contribution is 2.44. The molecule has 3 aliphatic rings. The van der Waals surface area contributed by atoms with Crippen molar-refractivity contribution in [3.8, 4) is 5.88 Å². The number of pyridine rings is 1. The second kappa shape index (κ2) is 14.9. The number of nitrogens with one attached hydrogen (secondary N) is 2. The molecule has 1 aromatic carbocycles. The number of hydrazine groups is 1. The van der Waals surface area contributed by atoms with E-state index in [1.54, 1.807) is 31.5 Å². The summed E-state index contributed by atoms with van der Waals surface area (Å²) in [6, 6.07) is 3.35. The summed E-state index contributed by atoms with van der Waals surface area (Å²) in [5, 5.41) is 7.82. The van der Waals surface area contributed by atoms with Crippen LogP contribution >= 0.6 is 0 Å². The third-order valence-electron chi connectivity index (χ3n) is 9.15. The molecule has 20 heteroatoms. The monoisotopic (exact) mass is 737 g/mol. The molecule has 3 aromatic rings. The Morgan fingerprint density at radius 1 is 0.981 bits per heavy atom. The number of halogens is 6. The Morgan fingerprint density at radius 2 is 1.65 bits per heavy atom. The van der Waals surface area contributed by atoms with Gasteiger partial charge in [0, 0.05) is 44.8 Å². The lowest BCUT2D eigenvalue weighted by Crippen LogP contribution is -2.54. The van der Waals surface area contributed by atoms with Gasteiger partial charge in [0.25, 0.3) is 0 Å². The summed E-state index contributed by atoms with van der Waals surface area (Å²) >= 11 is 0. The van der Waals surface area contributed by atoms with Crippen molar-refractivity contribution in [2.45, 2.75) is 64.0 Å². The quantitative estimate of drug-likeness (QED) is 0.262. The molecule has 2 aromatic heterocycles. The standard InChI is InChI=1S/C32H37F6N11O3/c1-4-22-15-25(27-24(6-7-26(41-27)51-3)49(22)30(50)52-5-2)48(18-19-12-20(31(33,34)35)14-21(13-19)32(36,37)38)28-39-16-23(17-40-28)46-8-10-47(11-9-46)29-42-44-45-43-29/h6-7,12-14,16-17,22,25,29H,4-5,8-11,15,18H2,1-3H3,(H,42,45)(H,43,44)/t22-,25+/m1/s1. The van der Waals surface area contributed by atoms with Gasteiger partial charge in [0.05, 0.1) is 60.3 Å². The SMILES string of the molecule is CCOC(=O)N1c2ccc(OC)nc2[C@@H](N(Cc2cc(C(F)(F)F)cc(C(F)(F)F)c2)c2ncc(N3CCN(C4N=NNN4)CC3)cn2)C[C@H]1CC. The van der Waals surface area contributed by atoms with E-state index in [1.807, 2.05) is 6.92 Å². The topological polar surface area (TPSA) is 136 Å². The number of amides is 1. The largest absolute Gasteiger partial charge is 0.481 e. The van der Waals surface area contributed by atoms with E-state index in [1.165, 1.54) is 16.9 Å². The lowest BCUT2D eigenvalue weighted by molar-refractivity contribution is -0.143. The van der Waals surface area contributed by atoms with Gasteiger partial charge < -0.3 is 19.3 Å². The van der Waals surface area contributed by atoms with Crippen LogP contribution in [0.4, 0.5) is 48.5 Å². The van der Waals surface area contributed by atoms with Crippen molar-refractivity contribution >= 4 is 23.4 Å². The van der Waals surface area contributed by atoms with Gasteiger partial charge in [-0.15, -0.1) is 5.11 Å². The van der Waals surface area contributed by atoms with Gasteiger partial charge in [-0.25, -0.2) is 25.3 Å². The van der Waals surface area contributed by atoms with E-state index in [-0.39, 0.29) is 48.5 Å². The van der Waals surface area contributed by atoms with Crippen LogP contribution in [0.1, 0.15) is 55.1 Å². The van der Waals surface area contributed by atoms with E-state index in [0.29, 0.717) is 56.1 Å². The molecule has 1 saturated heterocycles. The van der Waals surface area contributed by atoms with E-state index in [2.05, 4.69) is 46.0 Å². The van der Waals surface area contributed by atoms with Crippen molar-refractivity contribution in [1.82, 2.24) is 30.8 Å². The average Bonchev–Trinajstić information content (AvgIpc) is 3.68. The first kappa shape index (κ1) is 36.8. The zero-order valence-electron chi connectivity index (χ0n) is 28.4. The summed E-state index contributed by atoms with van der Waals surface area (Å²) in [4.78, 5) is 34.2. The number of piperazine rings is 1. The molecule has 5 heterocycles. The van der Waals surface area contributed by atoms with Crippen LogP contribution < -0.4 is 30.4 Å². The normalized spacial score (nSPS) is 20.8. The minimum Gasteiger partial charge on any atom is -0.481 e. The molecule has 0 aliphatic carbocycles. The molecule has 0 radical (unpaired) electrons. The molecule has 14 nitrogen and oxygen atoms in total. The number of methoxy groups -OCH3 is 1. The Morgan fingerprint density at radius 3 is 2.21 bits per heavy atom. The summed E-state index contributed by atoms with van der Waals surface area (Å²) in [5.41, 5.74) is 3.70. The maximum atomic E-state index is 13.9. The number of benzene rings is 1. The molecular formula is C32H37F6N11O3. The number of carbonyl (C=O) groups is 1. The van der Waals surface area contributed by atoms with Crippen molar-refractivity contribution < 1.29 is 40.6 Å². The molecule has 0 bridgehead atoms. The highest BCUT2D eigenvalue weighted by atomic mass is 19.4. The first-order valence-electron chi connectivity index (χ1n) is 16.6. The zero-order chi connectivity index (χ0) is 37.2. The Labute approximate surface area is 294 Å². The smallest absolute Gasteiger partial charge is 0.416 e. The highest BCUT2D eigenvalue weighted by molar-refractivity contribution is 5.90.